The summed E-state index contributed by atoms with van der Waals surface area (Å²) < 4.78 is 23.8. The van der Waals surface area contributed by atoms with Crippen molar-refractivity contribution in [1.82, 2.24) is 19.5 Å². The van der Waals surface area contributed by atoms with Gasteiger partial charge in [0.1, 0.15) is 0 Å². The first-order chi connectivity index (χ1) is 15.2. The molecule has 8 nitrogen and oxygen atoms in total. The van der Waals surface area contributed by atoms with Gasteiger partial charge in [-0.1, -0.05) is 0 Å². The van der Waals surface area contributed by atoms with Crippen LogP contribution in [0.4, 0.5) is 0 Å². The number of aromatic nitrogens is 4. The number of hydrogen-bond acceptors (Lipinski definition) is 6. The first kappa shape index (κ1) is 19.2. The average molecular weight is 523 g/mol. The van der Waals surface area contributed by atoms with Crippen LogP contribution in [0.25, 0.3) is 11.2 Å². The molecule has 2 aliphatic heterocycles. The summed E-state index contributed by atoms with van der Waals surface area (Å²) in [4.78, 5) is 23.1. The number of aromatic amines is 1. The minimum atomic E-state index is -3.83. The Hall–Kier alpha value is -2.53. The number of nitrogens with zero attached hydrogens (tertiary/aromatic N) is 3. The van der Waals surface area contributed by atoms with Crippen LogP contribution >= 0.6 is 0 Å². The van der Waals surface area contributed by atoms with Crippen molar-refractivity contribution in [2.75, 3.05) is 6.61 Å². The Kier molecular flexibility index (Phi) is 4.67. The molecule has 0 unspecified atom stereocenters. The summed E-state index contributed by atoms with van der Waals surface area (Å²) in [5, 5.41) is 0. The van der Waals surface area contributed by atoms with Crippen molar-refractivity contribution in [3.63, 3.8) is 0 Å². The van der Waals surface area contributed by atoms with Crippen molar-refractivity contribution < 1.29 is 10.9 Å². The van der Waals surface area contributed by atoms with Gasteiger partial charge < -0.3 is 0 Å². The Bertz CT molecular complexity index is 1240. The van der Waals surface area contributed by atoms with E-state index in [-0.39, 0.29) is 24.0 Å². The van der Waals surface area contributed by atoms with E-state index in [2.05, 4.69) is 39.2 Å². The first-order valence-corrected chi connectivity index (χ1v) is 15.4. The molecule has 156 valence electrons. The Labute approximate surface area is 182 Å². The number of fused-ring (bicyclic) bond motifs is 2. The molecule has 2 aromatic carbocycles. The van der Waals surface area contributed by atoms with Crippen LogP contribution in [-0.2, 0) is 10.9 Å². The van der Waals surface area contributed by atoms with Crippen LogP contribution in [-0.4, -0.2) is 57.5 Å². The average Bonchev–Trinajstić information content (AvgIpc) is 3.44. The summed E-state index contributed by atoms with van der Waals surface area (Å²) in [6.45, 7) is 0.474. The van der Waals surface area contributed by atoms with Gasteiger partial charge in [0.25, 0.3) is 0 Å². The van der Waals surface area contributed by atoms with Gasteiger partial charge in [-0.15, -0.1) is 0 Å². The molecule has 2 aliphatic rings. The Morgan fingerprint density at radius 1 is 0.968 bits per heavy atom. The maximum atomic E-state index is 12.0. The minimum absolute atomic E-state index is 0.102. The summed E-state index contributed by atoms with van der Waals surface area (Å²) >= 11 is -3.83. The van der Waals surface area contributed by atoms with Crippen LogP contribution in [0, 0.1) is 0 Å². The molecular weight excluding hydrogens is 503 g/mol. The number of ether oxygens (including phenoxy) is 1. The van der Waals surface area contributed by atoms with E-state index < -0.39 is 19.2 Å². The third kappa shape index (κ3) is 3.13. The van der Waals surface area contributed by atoms with Crippen LogP contribution in [0.1, 0.15) is 12.6 Å². The van der Waals surface area contributed by atoms with Gasteiger partial charge in [0, 0.05) is 0 Å². The first-order valence-electron chi connectivity index (χ1n) is 10.2. The van der Waals surface area contributed by atoms with Gasteiger partial charge in [-0.3, -0.25) is 0 Å². The van der Waals surface area contributed by atoms with E-state index >= 15 is 0 Å². The number of rotatable bonds is 3. The molecule has 3 atom stereocenters. The van der Waals surface area contributed by atoms with Gasteiger partial charge in [0.2, 0.25) is 0 Å². The zero-order valence-corrected chi connectivity index (χ0v) is 19.4. The summed E-state index contributed by atoms with van der Waals surface area (Å²) in [6.07, 6.45) is 3.05. The number of nitrogens with one attached hydrogen (secondary N) is 1. The SMILES string of the molecule is O=c1[nH]cnc2c1ncn2[C@@H]1C[C@@H]2[O][Sn]([c]3ccccc3)([c]3ccccc3)[O]C[C@@H]2O1. The molecule has 0 saturated carbocycles. The van der Waals surface area contributed by atoms with Gasteiger partial charge >= 0.3 is 183 Å². The molecule has 0 spiro atoms. The van der Waals surface area contributed by atoms with Crippen molar-refractivity contribution in [1.29, 1.82) is 0 Å². The van der Waals surface area contributed by atoms with Gasteiger partial charge in [0.15, 0.2) is 0 Å². The maximum absolute atomic E-state index is 12.0. The summed E-state index contributed by atoms with van der Waals surface area (Å²) in [6, 6.07) is 20.6. The van der Waals surface area contributed by atoms with Gasteiger partial charge in [-0.25, -0.2) is 0 Å². The fourth-order valence-corrected chi connectivity index (χ4v) is 14.0. The second kappa shape index (κ2) is 7.56. The molecule has 6 rings (SSSR count). The van der Waals surface area contributed by atoms with Crippen molar-refractivity contribution in [3.05, 3.63) is 83.7 Å². The van der Waals surface area contributed by atoms with Crippen molar-refractivity contribution in [2.45, 2.75) is 24.9 Å². The van der Waals surface area contributed by atoms with E-state index in [1.54, 1.807) is 6.33 Å². The molecule has 9 heteroatoms. The number of H-pyrrole nitrogens is 1. The summed E-state index contributed by atoms with van der Waals surface area (Å²) in [5.74, 6) is 0. The van der Waals surface area contributed by atoms with E-state index in [1.165, 1.54) is 6.33 Å². The van der Waals surface area contributed by atoms with E-state index in [0.717, 1.165) is 7.16 Å². The van der Waals surface area contributed by atoms with Crippen LogP contribution in [0.3, 0.4) is 0 Å². The fraction of sp³-hybridized carbons (Fsp3) is 0.227. The Morgan fingerprint density at radius 2 is 1.68 bits per heavy atom. The Morgan fingerprint density at radius 3 is 2.39 bits per heavy atom. The van der Waals surface area contributed by atoms with Crippen LogP contribution in [0.5, 0.6) is 0 Å². The molecule has 2 aromatic heterocycles. The van der Waals surface area contributed by atoms with Crippen molar-refractivity contribution in [2.24, 2.45) is 0 Å². The molecular formula is C22H20N4O4Sn. The van der Waals surface area contributed by atoms with Crippen LogP contribution in [0.2, 0.25) is 0 Å². The summed E-state index contributed by atoms with van der Waals surface area (Å²) in [5.41, 5.74) is 0.552. The van der Waals surface area contributed by atoms with Crippen molar-refractivity contribution >= 4 is 37.5 Å². The standard InChI is InChI=1S/C10H10N4O4.2C6H5.Sn/c15-2-6-5(16)1-7(18-6)14-4-13-8-9(14)11-3-12-10(8)17;2*1-2-4-6-5-3-1;/h3-7H,1-2H2,(H,11,12,17);2*1-5H;/q-2;;;+2/t5-,6-,7-;;;/m0.../s1. The molecule has 0 amide bonds. The molecule has 2 fully saturated rings. The van der Waals surface area contributed by atoms with E-state index in [0.29, 0.717) is 24.2 Å². The second-order valence-corrected chi connectivity index (χ2v) is 16.0. The molecule has 1 N–H and O–H groups in total. The van der Waals surface area contributed by atoms with E-state index in [1.807, 2.05) is 41.0 Å². The third-order valence-corrected chi connectivity index (χ3v) is 15.6. The van der Waals surface area contributed by atoms with Crippen LogP contribution < -0.4 is 12.7 Å². The quantitative estimate of drug-likeness (QED) is 0.405. The molecule has 0 radical (unpaired) electrons. The Balaban J connectivity index is 1.36. The molecule has 0 aliphatic carbocycles. The number of benzene rings is 2. The van der Waals surface area contributed by atoms with Gasteiger partial charge in [-0.2, -0.15) is 0 Å². The van der Waals surface area contributed by atoms with Gasteiger partial charge in [-0.05, 0) is 0 Å². The number of imidazole rings is 1. The zero-order valence-electron chi connectivity index (χ0n) is 16.5. The molecule has 31 heavy (non-hydrogen) atoms. The monoisotopic (exact) mass is 524 g/mol. The molecule has 4 heterocycles. The molecule has 0 bridgehead atoms. The second-order valence-electron chi connectivity index (χ2n) is 7.74. The van der Waals surface area contributed by atoms with Crippen molar-refractivity contribution in [3.8, 4) is 0 Å². The predicted octanol–water partition coefficient (Wildman–Crippen LogP) is 1.08. The molecule has 4 aromatic rings. The van der Waals surface area contributed by atoms with Crippen LogP contribution in [0.15, 0.2) is 78.1 Å². The van der Waals surface area contributed by atoms with E-state index in [9.17, 15) is 4.79 Å². The van der Waals surface area contributed by atoms with Gasteiger partial charge in [0.05, 0.1) is 0 Å². The fourth-order valence-electron chi connectivity index (χ4n) is 4.45. The topological polar surface area (TPSA) is 91.3 Å². The van der Waals surface area contributed by atoms with E-state index in [4.69, 9.17) is 10.9 Å². The predicted molar refractivity (Wildman–Crippen MR) is 115 cm³/mol. The number of hydrogen-bond donors (Lipinski definition) is 1. The zero-order chi connectivity index (χ0) is 20.8. The summed E-state index contributed by atoms with van der Waals surface area (Å²) in [7, 11) is 0. The normalized spacial score (nSPS) is 24.8. The molecule has 2 saturated heterocycles. The third-order valence-electron chi connectivity index (χ3n) is 5.93.